The standard InChI is InChI=1S/C16H22N2O3S/c1-3-10-18(14-7-5-4-6-8-14)16(19)12-17(2)15-9-11-22(20,21)13-15/h3-8,15H,1,9-13H2,2H3. The fraction of sp³-hybridized carbons (Fsp3) is 0.438. The van der Waals surface area contributed by atoms with Crippen molar-refractivity contribution in [1.82, 2.24) is 4.90 Å². The molecule has 1 saturated heterocycles. The highest BCUT2D eigenvalue weighted by Gasteiger charge is 2.31. The average molecular weight is 322 g/mol. The summed E-state index contributed by atoms with van der Waals surface area (Å²) in [6, 6.07) is 9.34. The van der Waals surface area contributed by atoms with Gasteiger partial charge in [0.15, 0.2) is 9.84 Å². The maximum atomic E-state index is 12.5. The molecule has 0 saturated carbocycles. The maximum absolute atomic E-state index is 12.5. The van der Waals surface area contributed by atoms with Gasteiger partial charge in [0.1, 0.15) is 0 Å². The number of hydrogen-bond acceptors (Lipinski definition) is 4. The highest BCUT2D eigenvalue weighted by molar-refractivity contribution is 7.91. The van der Waals surface area contributed by atoms with Gasteiger partial charge in [0.05, 0.1) is 18.1 Å². The van der Waals surface area contributed by atoms with Crippen LogP contribution in [0.3, 0.4) is 0 Å². The molecule has 0 spiro atoms. The van der Waals surface area contributed by atoms with Crippen molar-refractivity contribution >= 4 is 21.4 Å². The van der Waals surface area contributed by atoms with E-state index < -0.39 is 9.84 Å². The van der Waals surface area contributed by atoms with Gasteiger partial charge in [0.2, 0.25) is 5.91 Å². The van der Waals surface area contributed by atoms with Crippen LogP contribution in [0.4, 0.5) is 5.69 Å². The number of benzene rings is 1. The lowest BCUT2D eigenvalue weighted by atomic mass is 10.2. The minimum absolute atomic E-state index is 0.0575. The summed E-state index contributed by atoms with van der Waals surface area (Å²) in [5.41, 5.74) is 0.819. The van der Waals surface area contributed by atoms with E-state index in [2.05, 4.69) is 6.58 Å². The molecule has 0 aliphatic carbocycles. The van der Waals surface area contributed by atoms with Crippen LogP contribution in [-0.2, 0) is 14.6 Å². The minimum Gasteiger partial charge on any atom is -0.308 e. The number of likely N-dealkylation sites (N-methyl/N-ethyl adjacent to an activating group) is 1. The molecular weight excluding hydrogens is 300 g/mol. The summed E-state index contributed by atoms with van der Waals surface area (Å²) >= 11 is 0. The number of nitrogens with zero attached hydrogens (tertiary/aromatic N) is 2. The predicted octanol–water partition coefficient (Wildman–Crippen LogP) is 1.32. The Morgan fingerprint density at radius 3 is 2.59 bits per heavy atom. The molecule has 0 N–H and O–H groups in total. The summed E-state index contributed by atoms with van der Waals surface area (Å²) in [7, 11) is -1.14. The van der Waals surface area contributed by atoms with E-state index in [9.17, 15) is 13.2 Å². The smallest absolute Gasteiger partial charge is 0.241 e. The van der Waals surface area contributed by atoms with Crippen molar-refractivity contribution in [3.8, 4) is 0 Å². The molecule has 120 valence electrons. The van der Waals surface area contributed by atoms with Crippen molar-refractivity contribution in [3.05, 3.63) is 43.0 Å². The second-order valence-electron chi connectivity index (χ2n) is 5.60. The zero-order chi connectivity index (χ0) is 16.2. The summed E-state index contributed by atoms with van der Waals surface area (Å²) in [5.74, 6) is 0.298. The Balaban J connectivity index is 2.04. The van der Waals surface area contributed by atoms with Crippen LogP contribution in [0.2, 0.25) is 0 Å². The summed E-state index contributed by atoms with van der Waals surface area (Å²) in [4.78, 5) is 16.0. The number of amides is 1. The highest BCUT2D eigenvalue weighted by Crippen LogP contribution is 2.18. The van der Waals surface area contributed by atoms with Crippen LogP contribution in [0.25, 0.3) is 0 Å². The number of anilines is 1. The molecule has 1 heterocycles. The number of rotatable bonds is 6. The average Bonchev–Trinajstić information content (AvgIpc) is 2.86. The Labute approximate surface area is 132 Å². The molecule has 1 unspecified atom stereocenters. The van der Waals surface area contributed by atoms with E-state index in [4.69, 9.17) is 0 Å². The van der Waals surface area contributed by atoms with Gasteiger partial charge in [-0.1, -0.05) is 24.3 Å². The topological polar surface area (TPSA) is 57.7 Å². The van der Waals surface area contributed by atoms with Crippen LogP contribution in [0.15, 0.2) is 43.0 Å². The Kier molecular flexibility index (Phi) is 5.37. The summed E-state index contributed by atoms with van der Waals surface area (Å²) in [6.45, 7) is 4.32. The molecule has 0 aromatic heterocycles. The highest BCUT2D eigenvalue weighted by atomic mass is 32.2. The Bertz CT molecular complexity index is 628. The van der Waals surface area contributed by atoms with E-state index in [1.807, 2.05) is 35.2 Å². The van der Waals surface area contributed by atoms with Crippen molar-refractivity contribution in [2.75, 3.05) is 36.5 Å². The molecule has 1 aliphatic heterocycles. The van der Waals surface area contributed by atoms with Crippen LogP contribution >= 0.6 is 0 Å². The van der Waals surface area contributed by atoms with E-state index in [1.54, 1.807) is 18.0 Å². The molecule has 1 aromatic carbocycles. The number of carbonyl (C=O) groups is 1. The molecule has 0 bridgehead atoms. The number of para-hydroxylation sites is 1. The lowest BCUT2D eigenvalue weighted by Crippen LogP contribution is -2.43. The van der Waals surface area contributed by atoms with Crippen LogP contribution in [-0.4, -0.2) is 56.9 Å². The largest absolute Gasteiger partial charge is 0.308 e. The zero-order valence-electron chi connectivity index (χ0n) is 12.8. The van der Waals surface area contributed by atoms with Gasteiger partial charge < -0.3 is 4.90 Å². The predicted molar refractivity (Wildman–Crippen MR) is 88.7 cm³/mol. The van der Waals surface area contributed by atoms with E-state index in [0.29, 0.717) is 13.0 Å². The molecule has 6 heteroatoms. The number of sulfone groups is 1. The summed E-state index contributed by atoms with van der Waals surface area (Å²) in [6.07, 6.45) is 2.28. The normalized spacial score (nSPS) is 20.0. The molecule has 2 rings (SSSR count). The minimum atomic E-state index is -2.94. The Morgan fingerprint density at radius 2 is 2.05 bits per heavy atom. The summed E-state index contributed by atoms with van der Waals surface area (Å²) in [5, 5.41) is 0. The van der Waals surface area contributed by atoms with Gasteiger partial charge in [-0.05, 0) is 25.6 Å². The van der Waals surface area contributed by atoms with Crippen molar-refractivity contribution in [2.24, 2.45) is 0 Å². The van der Waals surface area contributed by atoms with Gasteiger partial charge in [0, 0.05) is 18.3 Å². The van der Waals surface area contributed by atoms with E-state index in [1.165, 1.54) is 0 Å². The second-order valence-corrected chi connectivity index (χ2v) is 7.83. The van der Waals surface area contributed by atoms with E-state index in [-0.39, 0.29) is 30.0 Å². The van der Waals surface area contributed by atoms with Gasteiger partial charge >= 0.3 is 0 Å². The molecule has 5 nitrogen and oxygen atoms in total. The first-order chi connectivity index (χ1) is 10.4. The molecule has 1 amide bonds. The van der Waals surface area contributed by atoms with Crippen LogP contribution in [0, 0.1) is 0 Å². The van der Waals surface area contributed by atoms with Crippen LogP contribution < -0.4 is 4.90 Å². The van der Waals surface area contributed by atoms with Crippen molar-refractivity contribution < 1.29 is 13.2 Å². The van der Waals surface area contributed by atoms with Crippen molar-refractivity contribution in [2.45, 2.75) is 12.5 Å². The first-order valence-electron chi connectivity index (χ1n) is 7.30. The van der Waals surface area contributed by atoms with Crippen molar-refractivity contribution in [1.29, 1.82) is 0 Å². The Morgan fingerprint density at radius 1 is 1.36 bits per heavy atom. The first kappa shape index (κ1) is 16.7. The SMILES string of the molecule is C=CCN(C(=O)CN(C)C1CCS(=O)(=O)C1)c1ccccc1. The fourth-order valence-electron chi connectivity index (χ4n) is 2.64. The summed E-state index contributed by atoms with van der Waals surface area (Å²) < 4.78 is 23.1. The van der Waals surface area contributed by atoms with Crippen LogP contribution in [0.1, 0.15) is 6.42 Å². The van der Waals surface area contributed by atoms with Gasteiger partial charge in [0.25, 0.3) is 0 Å². The van der Waals surface area contributed by atoms with Gasteiger partial charge in [-0.15, -0.1) is 6.58 Å². The molecule has 1 aliphatic rings. The van der Waals surface area contributed by atoms with E-state index in [0.717, 1.165) is 5.69 Å². The molecule has 1 fully saturated rings. The second kappa shape index (κ2) is 7.07. The molecular formula is C16H22N2O3S. The maximum Gasteiger partial charge on any atom is 0.241 e. The van der Waals surface area contributed by atoms with Crippen LogP contribution in [0.5, 0.6) is 0 Å². The van der Waals surface area contributed by atoms with E-state index >= 15 is 0 Å². The third-order valence-electron chi connectivity index (χ3n) is 3.90. The third kappa shape index (κ3) is 4.18. The quantitative estimate of drug-likeness (QED) is 0.741. The number of carbonyl (C=O) groups excluding carboxylic acids is 1. The molecule has 0 radical (unpaired) electrons. The Hall–Kier alpha value is -1.66. The molecule has 22 heavy (non-hydrogen) atoms. The number of hydrogen-bond donors (Lipinski definition) is 0. The van der Waals surface area contributed by atoms with Gasteiger partial charge in [-0.3, -0.25) is 9.69 Å². The van der Waals surface area contributed by atoms with Gasteiger partial charge in [-0.25, -0.2) is 8.42 Å². The van der Waals surface area contributed by atoms with Gasteiger partial charge in [-0.2, -0.15) is 0 Å². The third-order valence-corrected chi connectivity index (χ3v) is 5.65. The molecule has 1 aromatic rings. The lowest BCUT2D eigenvalue weighted by Gasteiger charge is -2.27. The monoisotopic (exact) mass is 322 g/mol. The molecule has 1 atom stereocenters. The zero-order valence-corrected chi connectivity index (χ0v) is 13.6. The van der Waals surface area contributed by atoms with Crippen molar-refractivity contribution in [3.63, 3.8) is 0 Å². The first-order valence-corrected chi connectivity index (χ1v) is 9.12. The lowest BCUT2D eigenvalue weighted by molar-refractivity contribution is -0.119. The fourth-order valence-corrected chi connectivity index (χ4v) is 4.44.